The van der Waals surface area contributed by atoms with Crippen LogP contribution in [0.25, 0.3) is 0 Å². The highest BCUT2D eigenvalue weighted by Gasteiger charge is 2.28. The molecule has 0 spiro atoms. The Bertz CT molecular complexity index is 423. The second kappa shape index (κ2) is 4.79. The van der Waals surface area contributed by atoms with Gasteiger partial charge in [0.2, 0.25) is 0 Å². The maximum Gasteiger partial charge on any atom is 0.101 e. The van der Waals surface area contributed by atoms with Crippen molar-refractivity contribution in [2.75, 3.05) is 18.0 Å². The fourth-order valence-corrected chi connectivity index (χ4v) is 2.48. The normalized spacial score (nSPS) is 18.8. The third-order valence-electron chi connectivity index (χ3n) is 4.19. The number of hydrogen-bond acceptors (Lipinski definition) is 2. The summed E-state index contributed by atoms with van der Waals surface area (Å²) in [4.78, 5) is 2.36. The Hall–Kier alpha value is -1.49. The van der Waals surface area contributed by atoms with Crippen molar-refractivity contribution in [3.8, 4) is 6.07 Å². The van der Waals surface area contributed by atoms with Crippen LogP contribution in [0, 0.1) is 16.7 Å². The number of rotatable bonds is 2. The molecule has 0 amide bonds. The highest BCUT2D eigenvalue weighted by Crippen LogP contribution is 2.36. The molecular formula is C15H20N2. The van der Waals surface area contributed by atoms with E-state index in [1.807, 2.05) is 18.2 Å². The van der Waals surface area contributed by atoms with Gasteiger partial charge in [-0.2, -0.15) is 5.26 Å². The minimum Gasteiger partial charge on any atom is -0.370 e. The first kappa shape index (κ1) is 12.0. The minimum absolute atomic E-state index is 0.498. The maximum atomic E-state index is 9.12. The number of benzene rings is 1. The summed E-state index contributed by atoms with van der Waals surface area (Å²) in [5, 5.41) is 9.12. The van der Waals surface area contributed by atoms with E-state index in [9.17, 15) is 0 Å². The highest BCUT2D eigenvalue weighted by molar-refractivity contribution is 5.59. The first-order chi connectivity index (χ1) is 8.18. The Kier molecular flexibility index (Phi) is 3.38. The van der Waals surface area contributed by atoms with Crippen molar-refractivity contribution in [1.29, 1.82) is 5.26 Å². The smallest absolute Gasteiger partial charge is 0.101 e. The molecule has 17 heavy (non-hydrogen) atoms. The largest absolute Gasteiger partial charge is 0.370 e. The summed E-state index contributed by atoms with van der Waals surface area (Å²) >= 11 is 0. The van der Waals surface area contributed by atoms with Crippen LogP contribution in [-0.2, 0) is 0 Å². The van der Waals surface area contributed by atoms with Crippen molar-refractivity contribution < 1.29 is 0 Å². The zero-order valence-electron chi connectivity index (χ0n) is 10.7. The molecule has 0 radical (unpaired) electrons. The first-order valence-corrected chi connectivity index (χ1v) is 6.42. The number of nitriles is 1. The van der Waals surface area contributed by atoms with E-state index < -0.39 is 0 Å². The lowest BCUT2D eigenvalue weighted by Gasteiger charge is -2.40. The summed E-state index contributed by atoms with van der Waals surface area (Å²) in [6.07, 6.45) is 3.70. The van der Waals surface area contributed by atoms with E-state index in [1.54, 1.807) is 0 Å². The van der Waals surface area contributed by atoms with Gasteiger partial charge >= 0.3 is 0 Å². The average molecular weight is 228 g/mol. The quantitative estimate of drug-likeness (QED) is 0.773. The zero-order chi connectivity index (χ0) is 12.3. The Balaban J connectivity index is 2.14. The fraction of sp³-hybridized carbons (Fsp3) is 0.533. The molecule has 0 N–H and O–H groups in total. The number of piperidine rings is 1. The van der Waals surface area contributed by atoms with Gasteiger partial charge in [0.1, 0.15) is 6.07 Å². The SMILES string of the molecule is CCC1(C)CCN(c2ccccc2C#N)CC1. The van der Waals surface area contributed by atoms with E-state index in [4.69, 9.17) is 5.26 Å². The van der Waals surface area contributed by atoms with Gasteiger partial charge in [-0.3, -0.25) is 0 Å². The molecule has 1 aromatic carbocycles. The molecule has 1 aromatic rings. The lowest BCUT2D eigenvalue weighted by Crippen LogP contribution is -2.38. The highest BCUT2D eigenvalue weighted by atomic mass is 15.1. The number of anilines is 1. The lowest BCUT2D eigenvalue weighted by atomic mass is 9.78. The van der Waals surface area contributed by atoms with Crippen molar-refractivity contribution in [2.45, 2.75) is 33.1 Å². The standard InChI is InChI=1S/C15H20N2/c1-3-15(2)8-10-17(11-9-15)14-7-5-4-6-13(14)12-16/h4-7H,3,8-11H2,1-2H3. The third-order valence-corrected chi connectivity index (χ3v) is 4.19. The van der Waals surface area contributed by atoms with Crippen LogP contribution < -0.4 is 4.90 Å². The monoisotopic (exact) mass is 228 g/mol. The molecule has 0 bridgehead atoms. The second-order valence-electron chi connectivity index (χ2n) is 5.28. The zero-order valence-corrected chi connectivity index (χ0v) is 10.7. The molecule has 1 aliphatic heterocycles. The summed E-state index contributed by atoms with van der Waals surface area (Å²) < 4.78 is 0. The van der Waals surface area contributed by atoms with E-state index >= 15 is 0 Å². The van der Waals surface area contributed by atoms with Crippen LogP contribution in [0.2, 0.25) is 0 Å². The number of para-hydroxylation sites is 1. The summed E-state index contributed by atoms with van der Waals surface area (Å²) in [6.45, 7) is 6.80. The molecule has 1 heterocycles. The summed E-state index contributed by atoms with van der Waals surface area (Å²) in [6, 6.07) is 10.2. The van der Waals surface area contributed by atoms with Gasteiger partial charge in [-0.05, 0) is 30.4 Å². The molecule has 0 aromatic heterocycles. The van der Waals surface area contributed by atoms with Crippen LogP contribution >= 0.6 is 0 Å². The van der Waals surface area contributed by atoms with Crippen LogP contribution in [0.15, 0.2) is 24.3 Å². The topological polar surface area (TPSA) is 27.0 Å². The Morgan fingerprint density at radius 1 is 1.29 bits per heavy atom. The Morgan fingerprint density at radius 2 is 1.94 bits per heavy atom. The lowest BCUT2D eigenvalue weighted by molar-refractivity contribution is 0.238. The van der Waals surface area contributed by atoms with Crippen molar-refractivity contribution in [3.63, 3.8) is 0 Å². The average Bonchev–Trinajstić information content (AvgIpc) is 2.40. The van der Waals surface area contributed by atoms with Crippen LogP contribution in [-0.4, -0.2) is 13.1 Å². The van der Waals surface area contributed by atoms with E-state index in [0.29, 0.717) is 5.41 Å². The van der Waals surface area contributed by atoms with Gasteiger partial charge < -0.3 is 4.90 Å². The van der Waals surface area contributed by atoms with Crippen molar-refractivity contribution in [1.82, 2.24) is 0 Å². The predicted molar refractivity (Wildman–Crippen MR) is 71.0 cm³/mol. The predicted octanol–water partition coefficient (Wildman–Crippen LogP) is 3.57. The molecule has 0 aliphatic carbocycles. The molecule has 1 saturated heterocycles. The molecule has 2 rings (SSSR count). The second-order valence-corrected chi connectivity index (χ2v) is 5.28. The molecule has 90 valence electrons. The minimum atomic E-state index is 0.498. The van der Waals surface area contributed by atoms with Crippen LogP contribution in [0.1, 0.15) is 38.7 Å². The van der Waals surface area contributed by atoms with E-state index in [2.05, 4.69) is 30.9 Å². The molecule has 0 unspecified atom stereocenters. The molecule has 0 atom stereocenters. The molecule has 1 aliphatic rings. The van der Waals surface area contributed by atoms with Gasteiger partial charge in [-0.1, -0.05) is 32.4 Å². The fourth-order valence-electron chi connectivity index (χ4n) is 2.48. The third kappa shape index (κ3) is 2.44. The van der Waals surface area contributed by atoms with Crippen LogP contribution in [0.4, 0.5) is 5.69 Å². The van der Waals surface area contributed by atoms with Crippen molar-refractivity contribution in [2.24, 2.45) is 5.41 Å². The molecule has 1 fully saturated rings. The molecular weight excluding hydrogens is 208 g/mol. The molecule has 0 saturated carbocycles. The van der Waals surface area contributed by atoms with E-state index in [-0.39, 0.29) is 0 Å². The number of hydrogen-bond donors (Lipinski definition) is 0. The van der Waals surface area contributed by atoms with Gasteiger partial charge in [-0.15, -0.1) is 0 Å². The first-order valence-electron chi connectivity index (χ1n) is 6.42. The Labute approximate surface area is 104 Å². The van der Waals surface area contributed by atoms with Gasteiger partial charge in [0, 0.05) is 13.1 Å². The van der Waals surface area contributed by atoms with Gasteiger partial charge in [0.15, 0.2) is 0 Å². The summed E-state index contributed by atoms with van der Waals surface area (Å²) in [5.74, 6) is 0. The van der Waals surface area contributed by atoms with Crippen LogP contribution in [0.5, 0.6) is 0 Å². The van der Waals surface area contributed by atoms with Crippen molar-refractivity contribution >= 4 is 5.69 Å². The van der Waals surface area contributed by atoms with E-state index in [1.165, 1.54) is 19.3 Å². The Morgan fingerprint density at radius 3 is 2.53 bits per heavy atom. The summed E-state index contributed by atoms with van der Waals surface area (Å²) in [5.41, 5.74) is 2.40. The van der Waals surface area contributed by atoms with Gasteiger partial charge in [0.25, 0.3) is 0 Å². The molecule has 2 heteroatoms. The maximum absolute atomic E-state index is 9.12. The van der Waals surface area contributed by atoms with Gasteiger partial charge in [0.05, 0.1) is 11.3 Å². The van der Waals surface area contributed by atoms with Gasteiger partial charge in [-0.25, -0.2) is 0 Å². The van der Waals surface area contributed by atoms with Crippen LogP contribution in [0.3, 0.4) is 0 Å². The summed E-state index contributed by atoms with van der Waals surface area (Å²) in [7, 11) is 0. The molecule has 2 nitrogen and oxygen atoms in total. The number of nitrogens with zero attached hydrogens (tertiary/aromatic N) is 2. The van der Waals surface area contributed by atoms with E-state index in [0.717, 1.165) is 24.3 Å². The van der Waals surface area contributed by atoms with Crippen molar-refractivity contribution in [3.05, 3.63) is 29.8 Å².